The van der Waals surface area contributed by atoms with Crippen LogP contribution in [0.25, 0.3) is 0 Å². The molecular weight excluding hydrogens is 198 g/mol. The van der Waals surface area contributed by atoms with Gasteiger partial charge in [0.05, 0.1) is 6.10 Å². The zero-order valence-corrected chi connectivity index (χ0v) is 11.1. The summed E-state index contributed by atoms with van der Waals surface area (Å²) in [6.45, 7) is 5.96. The van der Waals surface area contributed by atoms with Crippen LogP contribution >= 0.6 is 0 Å². The van der Waals surface area contributed by atoms with E-state index in [0.29, 0.717) is 11.5 Å². The monoisotopic (exact) mass is 225 g/mol. The van der Waals surface area contributed by atoms with Crippen molar-refractivity contribution in [2.45, 2.75) is 64.5 Å². The Morgan fingerprint density at radius 1 is 1.25 bits per heavy atom. The molecule has 1 N–H and O–H groups in total. The smallest absolute Gasteiger partial charge is 0.0555 e. The second kappa shape index (κ2) is 4.66. The lowest BCUT2D eigenvalue weighted by molar-refractivity contribution is -0.0105. The highest BCUT2D eigenvalue weighted by molar-refractivity contribution is 4.92. The van der Waals surface area contributed by atoms with Gasteiger partial charge in [0.15, 0.2) is 0 Å². The van der Waals surface area contributed by atoms with E-state index in [2.05, 4.69) is 25.8 Å². The average Bonchev–Trinajstić information content (AvgIpc) is 2.15. The highest BCUT2D eigenvalue weighted by Crippen LogP contribution is 2.39. The van der Waals surface area contributed by atoms with Crippen LogP contribution in [0.1, 0.15) is 52.4 Å². The molecule has 0 amide bonds. The summed E-state index contributed by atoms with van der Waals surface area (Å²) in [5.41, 5.74) is 0.373. The number of aliphatic hydroxyl groups excluding tert-OH is 1. The lowest BCUT2D eigenvalue weighted by atomic mass is 9.71. The van der Waals surface area contributed by atoms with Crippen molar-refractivity contribution in [3.8, 4) is 0 Å². The van der Waals surface area contributed by atoms with Crippen LogP contribution in [0.15, 0.2) is 0 Å². The molecule has 0 bridgehead atoms. The van der Waals surface area contributed by atoms with E-state index >= 15 is 0 Å². The Labute approximate surface area is 100 Å². The highest BCUT2D eigenvalue weighted by Gasteiger charge is 2.38. The van der Waals surface area contributed by atoms with Gasteiger partial charge in [-0.05, 0) is 50.5 Å². The molecule has 2 rings (SSSR count). The fourth-order valence-corrected chi connectivity index (χ4v) is 3.39. The standard InChI is InChI=1S/C14H27NO/c1-14(2)8-7-12(16)9-13(14)15(3)10-11-5-4-6-11/h11-13,16H,4-10H2,1-3H3. The van der Waals surface area contributed by atoms with E-state index in [1.165, 1.54) is 25.8 Å². The van der Waals surface area contributed by atoms with Gasteiger partial charge in [0, 0.05) is 12.6 Å². The fraction of sp³-hybridized carbons (Fsp3) is 1.00. The molecule has 94 valence electrons. The Balaban J connectivity index is 1.93. The molecule has 16 heavy (non-hydrogen) atoms. The first-order valence-electron chi connectivity index (χ1n) is 6.87. The first-order valence-corrected chi connectivity index (χ1v) is 6.87. The number of rotatable bonds is 3. The van der Waals surface area contributed by atoms with Gasteiger partial charge in [-0.3, -0.25) is 0 Å². The predicted octanol–water partition coefficient (Wildman–Crippen LogP) is 2.66. The molecule has 0 saturated heterocycles. The molecule has 2 heteroatoms. The molecule has 0 radical (unpaired) electrons. The molecule has 2 atom stereocenters. The van der Waals surface area contributed by atoms with Gasteiger partial charge >= 0.3 is 0 Å². The molecular formula is C14H27NO. The van der Waals surface area contributed by atoms with Crippen LogP contribution in [0.5, 0.6) is 0 Å². The van der Waals surface area contributed by atoms with Crippen molar-refractivity contribution in [2.75, 3.05) is 13.6 Å². The lowest BCUT2D eigenvalue weighted by Gasteiger charge is -2.47. The summed E-state index contributed by atoms with van der Waals surface area (Å²) in [5.74, 6) is 0.930. The molecule has 0 spiro atoms. The summed E-state index contributed by atoms with van der Waals surface area (Å²) < 4.78 is 0. The summed E-state index contributed by atoms with van der Waals surface area (Å²) in [4.78, 5) is 2.52. The van der Waals surface area contributed by atoms with Crippen LogP contribution < -0.4 is 0 Å². The van der Waals surface area contributed by atoms with Gasteiger partial charge in [-0.15, -0.1) is 0 Å². The van der Waals surface area contributed by atoms with Crippen molar-refractivity contribution in [1.29, 1.82) is 0 Å². The SMILES string of the molecule is CN(CC1CCC1)C1CC(O)CCC1(C)C. The first kappa shape index (κ1) is 12.4. The molecule has 2 aliphatic carbocycles. The number of hydrogen-bond donors (Lipinski definition) is 1. The molecule has 2 saturated carbocycles. The first-order chi connectivity index (χ1) is 7.49. The Morgan fingerprint density at radius 3 is 2.50 bits per heavy atom. The van der Waals surface area contributed by atoms with Gasteiger partial charge in [-0.1, -0.05) is 20.3 Å². The average molecular weight is 225 g/mol. The van der Waals surface area contributed by atoms with Gasteiger partial charge in [-0.25, -0.2) is 0 Å². The maximum absolute atomic E-state index is 9.84. The minimum Gasteiger partial charge on any atom is -0.393 e. The summed E-state index contributed by atoms with van der Waals surface area (Å²) in [5, 5.41) is 9.84. The van der Waals surface area contributed by atoms with E-state index in [1.54, 1.807) is 0 Å². The predicted molar refractivity (Wildman–Crippen MR) is 67.4 cm³/mol. The van der Waals surface area contributed by atoms with Gasteiger partial charge < -0.3 is 10.0 Å². The number of hydrogen-bond acceptors (Lipinski definition) is 2. The second-order valence-corrected chi connectivity index (χ2v) is 6.67. The zero-order valence-electron chi connectivity index (χ0n) is 11.1. The third-order valence-corrected chi connectivity index (χ3v) is 4.82. The van der Waals surface area contributed by atoms with Gasteiger partial charge in [0.25, 0.3) is 0 Å². The normalized spacial score (nSPS) is 35.1. The highest BCUT2D eigenvalue weighted by atomic mass is 16.3. The molecule has 0 heterocycles. The molecule has 0 aliphatic heterocycles. The summed E-state index contributed by atoms with van der Waals surface area (Å²) >= 11 is 0. The van der Waals surface area contributed by atoms with E-state index in [-0.39, 0.29) is 6.10 Å². The van der Waals surface area contributed by atoms with Crippen LogP contribution in [0.4, 0.5) is 0 Å². The molecule has 2 unspecified atom stereocenters. The maximum Gasteiger partial charge on any atom is 0.0555 e. The molecule has 0 aromatic heterocycles. The van der Waals surface area contributed by atoms with Gasteiger partial charge in [-0.2, -0.15) is 0 Å². The third-order valence-electron chi connectivity index (χ3n) is 4.82. The van der Waals surface area contributed by atoms with Gasteiger partial charge in [0.1, 0.15) is 0 Å². The lowest BCUT2D eigenvalue weighted by Crippen LogP contribution is -2.50. The van der Waals surface area contributed by atoms with Crippen LogP contribution in [0, 0.1) is 11.3 Å². The molecule has 2 fully saturated rings. The molecule has 2 aliphatic rings. The topological polar surface area (TPSA) is 23.5 Å². The maximum atomic E-state index is 9.84. The van der Waals surface area contributed by atoms with Crippen LogP contribution in [-0.2, 0) is 0 Å². The summed E-state index contributed by atoms with van der Waals surface area (Å²) in [6, 6.07) is 0.567. The molecule has 0 aromatic carbocycles. The molecule has 2 nitrogen and oxygen atoms in total. The largest absolute Gasteiger partial charge is 0.393 e. The van der Waals surface area contributed by atoms with E-state index in [4.69, 9.17) is 0 Å². The van der Waals surface area contributed by atoms with Crippen molar-refractivity contribution >= 4 is 0 Å². The van der Waals surface area contributed by atoms with Crippen molar-refractivity contribution in [1.82, 2.24) is 4.90 Å². The number of nitrogens with zero attached hydrogens (tertiary/aromatic N) is 1. The van der Waals surface area contributed by atoms with Crippen LogP contribution in [-0.4, -0.2) is 35.7 Å². The van der Waals surface area contributed by atoms with E-state index < -0.39 is 0 Å². The van der Waals surface area contributed by atoms with Crippen molar-refractivity contribution in [2.24, 2.45) is 11.3 Å². The second-order valence-electron chi connectivity index (χ2n) is 6.67. The van der Waals surface area contributed by atoms with Gasteiger partial charge in [0.2, 0.25) is 0 Å². The van der Waals surface area contributed by atoms with Crippen molar-refractivity contribution < 1.29 is 5.11 Å². The Morgan fingerprint density at radius 2 is 1.94 bits per heavy atom. The minimum absolute atomic E-state index is 0.0677. The quantitative estimate of drug-likeness (QED) is 0.798. The zero-order chi connectivity index (χ0) is 11.8. The Bertz CT molecular complexity index is 235. The number of aliphatic hydroxyl groups is 1. The van der Waals surface area contributed by atoms with Crippen LogP contribution in [0.3, 0.4) is 0 Å². The third kappa shape index (κ3) is 2.60. The Kier molecular flexibility index (Phi) is 3.60. The molecule has 0 aromatic rings. The Hall–Kier alpha value is -0.0800. The van der Waals surface area contributed by atoms with E-state index in [0.717, 1.165) is 25.2 Å². The van der Waals surface area contributed by atoms with Crippen LogP contribution in [0.2, 0.25) is 0 Å². The fourth-order valence-electron chi connectivity index (χ4n) is 3.39. The summed E-state index contributed by atoms with van der Waals surface area (Å²) in [7, 11) is 2.25. The van der Waals surface area contributed by atoms with E-state index in [9.17, 15) is 5.11 Å². The van der Waals surface area contributed by atoms with Crippen molar-refractivity contribution in [3.05, 3.63) is 0 Å². The van der Waals surface area contributed by atoms with E-state index in [1.807, 2.05) is 0 Å². The minimum atomic E-state index is -0.0677. The summed E-state index contributed by atoms with van der Waals surface area (Å²) in [6.07, 6.45) is 7.31. The van der Waals surface area contributed by atoms with Crippen molar-refractivity contribution in [3.63, 3.8) is 0 Å².